The van der Waals surface area contributed by atoms with Crippen LogP contribution in [0.2, 0.25) is 0 Å². The summed E-state index contributed by atoms with van der Waals surface area (Å²) < 4.78 is 33.0. The molecular weight excluding hydrogens is 412 g/mol. The van der Waals surface area contributed by atoms with Crippen LogP contribution in [0.15, 0.2) is 71.6 Å². The minimum Gasteiger partial charge on any atom is -0.377 e. The third-order valence-electron chi connectivity index (χ3n) is 5.59. The zero-order valence-electron chi connectivity index (χ0n) is 17.4. The molecule has 0 radical (unpaired) electrons. The number of ether oxygens (including phenoxy) is 1. The highest BCUT2D eigenvalue weighted by molar-refractivity contribution is 7.89. The van der Waals surface area contributed by atoms with Gasteiger partial charge in [0.05, 0.1) is 17.0 Å². The summed E-state index contributed by atoms with van der Waals surface area (Å²) >= 11 is 0. The maximum Gasteiger partial charge on any atom is 0.251 e. The van der Waals surface area contributed by atoms with Gasteiger partial charge in [-0.15, -0.1) is 0 Å². The number of carbonyl (C=O) groups is 1. The lowest BCUT2D eigenvalue weighted by Crippen LogP contribution is -2.32. The van der Waals surface area contributed by atoms with Crippen molar-refractivity contribution in [3.63, 3.8) is 0 Å². The number of hydrogen-bond acceptors (Lipinski definition) is 4. The molecule has 3 aromatic carbocycles. The van der Waals surface area contributed by atoms with Crippen molar-refractivity contribution in [2.75, 3.05) is 13.2 Å². The van der Waals surface area contributed by atoms with Crippen LogP contribution in [0.4, 0.5) is 0 Å². The molecule has 1 aliphatic rings. The monoisotopic (exact) mass is 438 g/mol. The average molecular weight is 439 g/mol. The van der Waals surface area contributed by atoms with Gasteiger partial charge in [0.1, 0.15) is 0 Å². The molecule has 0 aliphatic carbocycles. The number of fused-ring (bicyclic) bond motifs is 1. The Balaban J connectivity index is 1.43. The van der Waals surface area contributed by atoms with Crippen molar-refractivity contribution >= 4 is 26.7 Å². The van der Waals surface area contributed by atoms with Crippen LogP contribution < -0.4 is 10.0 Å². The van der Waals surface area contributed by atoms with Gasteiger partial charge in [-0.2, -0.15) is 0 Å². The smallest absolute Gasteiger partial charge is 0.251 e. The summed E-state index contributed by atoms with van der Waals surface area (Å²) in [4.78, 5) is 12.9. The summed E-state index contributed by atoms with van der Waals surface area (Å²) in [6.45, 7) is 2.87. The van der Waals surface area contributed by atoms with Crippen LogP contribution in [0.1, 0.15) is 41.7 Å². The third-order valence-corrected chi connectivity index (χ3v) is 7.03. The van der Waals surface area contributed by atoms with E-state index in [1.54, 1.807) is 0 Å². The van der Waals surface area contributed by atoms with Crippen molar-refractivity contribution in [3.8, 4) is 0 Å². The number of rotatable bonds is 7. The Hall–Kier alpha value is -2.74. The number of benzene rings is 3. The van der Waals surface area contributed by atoms with Gasteiger partial charge >= 0.3 is 0 Å². The second-order valence-corrected chi connectivity index (χ2v) is 9.54. The highest BCUT2D eigenvalue weighted by Crippen LogP contribution is 2.24. The molecule has 1 aliphatic heterocycles. The van der Waals surface area contributed by atoms with Crippen molar-refractivity contribution in [3.05, 3.63) is 77.9 Å². The predicted molar refractivity (Wildman–Crippen MR) is 120 cm³/mol. The lowest BCUT2D eigenvalue weighted by molar-refractivity contribution is 0.0940. The third kappa shape index (κ3) is 4.95. The number of hydrogen-bond donors (Lipinski definition) is 2. The zero-order chi connectivity index (χ0) is 21.8. The van der Waals surface area contributed by atoms with Gasteiger partial charge in [-0.25, -0.2) is 13.1 Å². The van der Waals surface area contributed by atoms with E-state index >= 15 is 0 Å². The number of sulfonamides is 1. The van der Waals surface area contributed by atoms with Crippen molar-refractivity contribution in [1.82, 2.24) is 10.0 Å². The highest BCUT2D eigenvalue weighted by atomic mass is 32.2. The first-order chi connectivity index (χ1) is 14.9. The molecule has 4 rings (SSSR count). The number of nitrogens with one attached hydrogen (secondary N) is 2. The first-order valence-corrected chi connectivity index (χ1v) is 11.9. The summed E-state index contributed by atoms with van der Waals surface area (Å²) in [6.07, 6.45) is 1.74. The second kappa shape index (κ2) is 9.18. The fourth-order valence-corrected chi connectivity index (χ4v) is 4.93. The van der Waals surface area contributed by atoms with Crippen molar-refractivity contribution in [2.45, 2.75) is 36.8 Å². The highest BCUT2D eigenvalue weighted by Gasteiger charge is 2.21. The molecule has 0 bridgehead atoms. The largest absolute Gasteiger partial charge is 0.377 e. The molecule has 2 N–H and O–H groups in total. The van der Waals surface area contributed by atoms with Gasteiger partial charge in [0, 0.05) is 18.7 Å². The molecular formula is C24H26N2O4S. The molecule has 162 valence electrons. The van der Waals surface area contributed by atoms with Gasteiger partial charge < -0.3 is 10.1 Å². The van der Waals surface area contributed by atoms with E-state index in [9.17, 15) is 13.2 Å². The molecule has 1 saturated heterocycles. The summed E-state index contributed by atoms with van der Waals surface area (Å²) in [5.41, 5.74) is 1.44. The van der Waals surface area contributed by atoms with E-state index in [2.05, 4.69) is 10.0 Å². The number of carbonyl (C=O) groups excluding carboxylic acids is 1. The van der Waals surface area contributed by atoms with Gasteiger partial charge in [0.2, 0.25) is 10.0 Å². The maximum absolute atomic E-state index is 12.7. The van der Waals surface area contributed by atoms with Crippen LogP contribution in [-0.2, 0) is 14.8 Å². The van der Waals surface area contributed by atoms with Crippen LogP contribution in [0.25, 0.3) is 10.8 Å². The standard InChI is InChI=1S/C24H26N2O4S/c1-17(22-10-4-7-18-6-2-3-9-23(18)22)26-24(27)19-11-13-21(14-12-19)31(28,29)25-16-20-8-5-15-30-20/h2-4,6-7,9-14,17,20,25H,5,8,15-16H2,1H3,(H,26,27)/t17-,20-/m0/s1. The zero-order valence-corrected chi connectivity index (χ0v) is 18.2. The SMILES string of the molecule is C[C@H](NC(=O)c1ccc(S(=O)(=O)NC[C@@H]2CCCO2)cc1)c1cccc2ccccc12. The van der Waals surface area contributed by atoms with Gasteiger partial charge in [0.15, 0.2) is 0 Å². The quantitative estimate of drug-likeness (QED) is 0.588. The molecule has 6 nitrogen and oxygen atoms in total. The molecule has 3 aromatic rings. The second-order valence-electron chi connectivity index (χ2n) is 7.77. The molecule has 1 fully saturated rings. The molecule has 7 heteroatoms. The lowest BCUT2D eigenvalue weighted by atomic mass is 9.99. The van der Waals surface area contributed by atoms with E-state index in [0.717, 1.165) is 29.2 Å². The van der Waals surface area contributed by atoms with Gasteiger partial charge in [0.25, 0.3) is 5.91 Å². The molecule has 0 saturated carbocycles. The van der Waals surface area contributed by atoms with Gasteiger partial charge in [-0.1, -0.05) is 42.5 Å². The van der Waals surface area contributed by atoms with Crippen LogP contribution in [0.3, 0.4) is 0 Å². The van der Waals surface area contributed by atoms with Crippen molar-refractivity contribution in [2.24, 2.45) is 0 Å². The van der Waals surface area contributed by atoms with Crippen LogP contribution in [0.5, 0.6) is 0 Å². The molecule has 0 unspecified atom stereocenters. The Morgan fingerprint density at radius 1 is 1.06 bits per heavy atom. The first-order valence-electron chi connectivity index (χ1n) is 10.4. The van der Waals surface area contributed by atoms with Crippen molar-refractivity contribution < 1.29 is 17.9 Å². The van der Waals surface area contributed by atoms with Crippen LogP contribution >= 0.6 is 0 Å². The lowest BCUT2D eigenvalue weighted by Gasteiger charge is -2.17. The van der Waals surface area contributed by atoms with E-state index < -0.39 is 10.0 Å². The van der Waals surface area contributed by atoms with E-state index in [1.165, 1.54) is 24.3 Å². The normalized spacial score (nSPS) is 17.5. The van der Waals surface area contributed by atoms with Crippen molar-refractivity contribution in [1.29, 1.82) is 0 Å². The van der Waals surface area contributed by atoms with E-state index in [4.69, 9.17) is 4.74 Å². The fraction of sp³-hybridized carbons (Fsp3) is 0.292. The Kier molecular flexibility index (Phi) is 6.36. The Morgan fingerprint density at radius 3 is 2.55 bits per heavy atom. The van der Waals surface area contributed by atoms with Crippen LogP contribution in [0, 0.1) is 0 Å². The minimum absolute atomic E-state index is 0.0737. The molecule has 31 heavy (non-hydrogen) atoms. The molecule has 1 amide bonds. The maximum atomic E-state index is 12.7. The summed E-state index contributed by atoms with van der Waals surface area (Å²) in [6, 6.07) is 19.8. The van der Waals surface area contributed by atoms with E-state index in [0.29, 0.717) is 12.2 Å². The molecule has 2 atom stereocenters. The molecule has 1 heterocycles. The van der Waals surface area contributed by atoms with Gasteiger partial charge in [-0.3, -0.25) is 4.79 Å². The molecule has 0 spiro atoms. The van der Waals surface area contributed by atoms with E-state index in [1.807, 2.05) is 49.4 Å². The van der Waals surface area contributed by atoms with Gasteiger partial charge in [-0.05, 0) is 60.4 Å². The fourth-order valence-electron chi connectivity index (χ4n) is 3.86. The topological polar surface area (TPSA) is 84.5 Å². The average Bonchev–Trinajstić information content (AvgIpc) is 3.31. The summed E-state index contributed by atoms with van der Waals surface area (Å²) in [5.74, 6) is -0.253. The summed E-state index contributed by atoms with van der Waals surface area (Å²) in [7, 11) is -3.64. The Labute approximate surface area is 182 Å². The Bertz CT molecular complexity index is 1160. The number of amides is 1. The minimum atomic E-state index is -3.64. The Morgan fingerprint density at radius 2 is 1.81 bits per heavy atom. The van der Waals surface area contributed by atoms with E-state index in [-0.39, 0.29) is 29.5 Å². The summed E-state index contributed by atoms with van der Waals surface area (Å²) in [5, 5.41) is 5.22. The van der Waals surface area contributed by atoms with Crippen LogP contribution in [-0.4, -0.2) is 33.6 Å². The molecule has 0 aromatic heterocycles. The first kappa shape index (κ1) is 21.5. The predicted octanol–water partition coefficient (Wildman–Crippen LogP) is 3.79.